The molecule has 1 aliphatic carbocycles. The molecule has 0 N–H and O–H groups in total. The van der Waals surface area contributed by atoms with Crippen molar-refractivity contribution in [3.8, 4) is 5.75 Å². The zero-order valence-electron chi connectivity index (χ0n) is 18.0. The van der Waals surface area contributed by atoms with Crippen LogP contribution in [0.2, 0.25) is 0 Å². The summed E-state index contributed by atoms with van der Waals surface area (Å²) >= 11 is 0. The molecule has 3 aromatic rings. The molecular formula is C24H29N5O. The predicted octanol–water partition coefficient (Wildman–Crippen LogP) is 3.91. The van der Waals surface area contributed by atoms with E-state index in [0.717, 1.165) is 54.5 Å². The highest BCUT2D eigenvalue weighted by atomic mass is 16.5. The van der Waals surface area contributed by atoms with Gasteiger partial charge in [-0.15, -0.1) is 0 Å². The Balaban J connectivity index is 1.45. The quantitative estimate of drug-likeness (QED) is 0.644. The van der Waals surface area contributed by atoms with E-state index in [2.05, 4.69) is 59.1 Å². The van der Waals surface area contributed by atoms with Crippen LogP contribution in [0, 0.1) is 0 Å². The molecular weight excluding hydrogens is 374 g/mol. The van der Waals surface area contributed by atoms with E-state index in [1.165, 1.54) is 24.2 Å². The molecule has 2 fully saturated rings. The summed E-state index contributed by atoms with van der Waals surface area (Å²) in [7, 11) is 5.88. The molecule has 1 aromatic heterocycles. The number of para-hydroxylation sites is 2. The van der Waals surface area contributed by atoms with Crippen molar-refractivity contribution in [2.24, 2.45) is 0 Å². The summed E-state index contributed by atoms with van der Waals surface area (Å²) in [5.41, 5.74) is 3.40. The third kappa shape index (κ3) is 3.51. The first-order chi connectivity index (χ1) is 14.6. The van der Waals surface area contributed by atoms with Gasteiger partial charge in [-0.25, -0.2) is 9.97 Å². The lowest BCUT2D eigenvalue weighted by molar-refractivity contribution is 0.413. The highest BCUT2D eigenvalue weighted by molar-refractivity contribution is 5.92. The Kier molecular flexibility index (Phi) is 4.85. The zero-order chi connectivity index (χ0) is 20.7. The van der Waals surface area contributed by atoms with Crippen LogP contribution in [-0.4, -0.2) is 57.4 Å². The number of hydrogen-bond acceptors (Lipinski definition) is 6. The maximum absolute atomic E-state index is 5.57. The number of piperazine rings is 1. The minimum absolute atomic E-state index is 0.533. The summed E-state index contributed by atoms with van der Waals surface area (Å²) in [6.45, 7) is 3.76. The molecule has 0 bridgehead atoms. The lowest BCUT2D eigenvalue weighted by Crippen LogP contribution is -2.47. The molecule has 0 amide bonds. The van der Waals surface area contributed by atoms with Gasteiger partial charge in [0, 0.05) is 57.3 Å². The van der Waals surface area contributed by atoms with Gasteiger partial charge < -0.3 is 19.4 Å². The minimum Gasteiger partial charge on any atom is -0.495 e. The Morgan fingerprint density at radius 3 is 2.37 bits per heavy atom. The Bertz CT molecular complexity index is 1050. The summed E-state index contributed by atoms with van der Waals surface area (Å²) in [6.07, 6.45) is 2.42. The van der Waals surface area contributed by atoms with Crippen molar-refractivity contribution in [3.05, 3.63) is 48.3 Å². The topological polar surface area (TPSA) is 44.7 Å². The van der Waals surface area contributed by atoms with E-state index in [1.54, 1.807) is 7.11 Å². The lowest BCUT2D eigenvalue weighted by Gasteiger charge is -2.37. The van der Waals surface area contributed by atoms with Crippen LogP contribution in [0.1, 0.15) is 24.6 Å². The molecule has 1 saturated carbocycles. The van der Waals surface area contributed by atoms with E-state index >= 15 is 0 Å². The van der Waals surface area contributed by atoms with Crippen LogP contribution in [0.3, 0.4) is 0 Å². The fraction of sp³-hybridized carbons (Fsp3) is 0.417. The predicted molar refractivity (Wildman–Crippen MR) is 123 cm³/mol. The van der Waals surface area contributed by atoms with Crippen molar-refractivity contribution in [3.63, 3.8) is 0 Å². The van der Waals surface area contributed by atoms with Gasteiger partial charge in [0.2, 0.25) is 0 Å². The van der Waals surface area contributed by atoms with Crippen molar-refractivity contribution in [1.29, 1.82) is 0 Å². The first kappa shape index (κ1) is 19.0. The van der Waals surface area contributed by atoms with E-state index in [1.807, 2.05) is 12.1 Å². The van der Waals surface area contributed by atoms with Gasteiger partial charge in [0.05, 0.1) is 18.3 Å². The zero-order valence-corrected chi connectivity index (χ0v) is 18.0. The second-order valence-electron chi connectivity index (χ2n) is 8.42. The second-order valence-corrected chi connectivity index (χ2v) is 8.42. The fourth-order valence-corrected chi connectivity index (χ4v) is 4.21. The Hall–Kier alpha value is -3.02. The van der Waals surface area contributed by atoms with Crippen LogP contribution >= 0.6 is 0 Å². The van der Waals surface area contributed by atoms with Crippen LogP contribution in [0.15, 0.2) is 42.5 Å². The SMILES string of the molecule is COc1ccccc1N1CCN(c2nc(C3CC3)nc3cc(N(C)C)ccc23)CC1. The van der Waals surface area contributed by atoms with Gasteiger partial charge in [0.15, 0.2) is 0 Å². The van der Waals surface area contributed by atoms with Crippen LogP contribution in [0.5, 0.6) is 5.75 Å². The largest absolute Gasteiger partial charge is 0.495 e. The number of nitrogens with zero attached hydrogens (tertiary/aromatic N) is 5. The minimum atomic E-state index is 0.533. The third-order valence-electron chi connectivity index (χ3n) is 6.14. The van der Waals surface area contributed by atoms with E-state index in [0.29, 0.717) is 5.92 Å². The molecule has 156 valence electrons. The monoisotopic (exact) mass is 403 g/mol. The van der Waals surface area contributed by atoms with Crippen molar-refractivity contribution in [1.82, 2.24) is 9.97 Å². The number of ether oxygens (including phenoxy) is 1. The molecule has 6 nitrogen and oxygen atoms in total. The number of benzene rings is 2. The summed E-state index contributed by atoms with van der Waals surface area (Å²) in [5, 5.41) is 1.15. The number of fused-ring (bicyclic) bond motifs is 1. The van der Waals surface area contributed by atoms with Gasteiger partial charge in [0.25, 0.3) is 0 Å². The summed E-state index contributed by atoms with van der Waals surface area (Å²) in [6, 6.07) is 14.8. The molecule has 5 rings (SSSR count). The van der Waals surface area contributed by atoms with Gasteiger partial charge in [-0.2, -0.15) is 0 Å². The number of rotatable bonds is 5. The molecule has 1 saturated heterocycles. The van der Waals surface area contributed by atoms with Crippen LogP contribution in [0.4, 0.5) is 17.2 Å². The maximum Gasteiger partial charge on any atom is 0.142 e. The maximum atomic E-state index is 5.57. The fourth-order valence-electron chi connectivity index (χ4n) is 4.21. The Morgan fingerprint density at radius 2 is 1.67 bits per heavy atom. The van der Waals surface area contributed by atoms with Crippen LogP contribution in [0.25, 0.3) is 10.9 Å². The van der Waals surface area contributed by atoms with Gasteiger partial charge in [-0.05, 0) is 43.2 Å². The highest BCUT2D eigenvalue weighted by Crippen LogP contribution is 2.40. The van der Waals surface area contributed by atoms with Crippen molar-refractivity contribution >= 4 is 28.1 Å². The van der Waals surface area contributed by atoms with E-state index in [9.17, 15) is 0 Å². The van der Waals surface area contributed by atoms with E-state index < -0.39 is 0 Å². The molecule has 0 atom stereocenters. The summed E-state index contributed by atoms with van der Waals surface area (Å²) in [5.74, 6) is 3.57. The number of methoxy groups -OCH3 is 1. The van der Waals surface area contributed by atoms with Gasteiger partial charge in [-0.3, -0.25) is 0 Å². The molecule has 0 radical (unpaired) electrons. The van der Waals surface area contributed by atoms with E-state index in [4.69, 9.17) is 14.7 Å². The van der Waals surface area contributed by atoms with Crippen LogP contribution < -0.4 is 19.4 Å². The van der Waals surface area contributed by atoms with Gasteiger partial charge >= 0.3 is 0 Å². The molecule has 0 unspecified atom stereocenters. The smallest absolute Gasteiger partial charge is 0.142 e. The highest BCUT2D eigenvalue weighted by Gasteiger charge is 2.29. The average Bonchev–Trinajstić information content (AvgIpc) is 3.63. The molecule has 2 aromatic carbocycles. The van der Waals surface area contributed by atoms with E-state index in [-0.39, 0.29) is 0 Å². The normalized spacial score (nSPS) is 16.8. The molecule has 1 aliphatic heterocycles. The van der Waals surface area contributed by atoms with Crippen LogP contribution in [-0.2, 0) is 0 Å². The number of aromatic nitrogens is 2. The first-order valence-electron chi connectivity index (χ1n) is 10.8. The molecule has 2 heterocycles. The first-order valence-corrected chi connectivity index (χ1v) is 10.8. The number of hydrogen-bond donors (Lipinski definition) is 0. The third-order valence-corrected chi connectivity index (χ3v) is 6.14. The Labute approximate surface area is 178 Å². The van der Waals surface area contributed by atoms with Crippen molar-refractivity contribution < 1.29 is 4.74 Å². The lowest BCUT2D eigenvalue weighted by atomic mass is 10.1. The van der Waals surface area contributed by atoms with Gasteiger partial charge in [-0.1, -0.05) is 12.1 Å². The molecule has 2 aliphatic rings. The average molecular weight is 404 g/mol. The van der Waals surface area contributed by atoms with Crippen molar-refractivity contribution in [2.75, 3.05) is 62.1 Å². The number of anilines is 3. The van der Waals surface area contributed by atoms with Gasteiger partial charge in [0.1, 0.15) is 17.4 Å². The summed E-state index contributed by atoms with van der Waals surface area (Å²) in [4.78, 5) is 16.9. The van der Waals surface area contributed by atoms with Crippen molar-refractivity contribution in [2.45, 2.75) is 18.8 Å². The summed E-state index contributed by atoms with van der Waals surface area (Å²) < 4.78 is 5.57. The molecule has 6 heteroatoms. The molecule has 0 spiro atoms. The Morgan fingerprint density at radius 1 is 0.933 bits per heavy atom. The molecule has 30 heavy (non-hydrogen) atoms. The second kappa shape index (κ2) is 7.67. The standard InChI is InChI=1S/C24H29N5O/c1-27(2)18-10-11-19-20(16-18)25-23(17-8-9-17)26-24(19)29-14-12-28(13-15-29)21-6-4-5-7-22(21)30-3/h4-7,10-11,16-17H,8-9,12-15H2,1-3H3.